The lowest BCUT2D eigenvalue weighted by Gasteiger charge is -2.41. The summed E-state index contributed by atoms with van der Waals surface area (Å²) in [5, 5.41) is 3.41. The summed E-state index contributed by atoms with van der Waals surface area (Å²) in [5.74, 6) is 3.37. The third-order valence-electron chi connectivity index (χ3n) is 8.15. The number of ketones is 1. The van der Waals surface area contributed by atoms with Crippen molar-refractivity contribution in [3.05, 3.63) is 57.8 Å². The first kappa shape index (κ1) is 34.9. The molecule has 0 amide bonds. The van der Waals surface area contributed by atoms with E-state index < -0.39 is 0 Å². The number of nitrogens with one attached hydrogen (secondary N) is 1. The molecule has 232 valence electrons. The van der Waals surface area contributed by atoms with E-state index in [0.29, 0.717) is 18.9 Å². The van der Waals surface area contributed by atoms with Crippen LogP contribution in [0.15, 0.2) is 35.5 Å². The zero-order valence-electron chi connectivity index (χ0n) is 25.7. The van der Waals surface area contributed by atoms with Gasteiger partial charge in [-0.25, -0.2) is 0 Å². The Balaban J connectivity index is 0.000000272. The van der Waals surface area contributed by atoms with Crippen molar-refractivity contribution in [1.29, 1.82) is 0 Å². The molecule has 10 heteroatoms. The smallest absolute Gasteiger partial charge is 0.161 e. The van der Waals surface area contributed by atoms with E-state index in [-0.39, 0.29) is 24.2 Å². The molecule has 3 heterocycles. The molecule has 0 radical (unpaired) electrons. The molecule has 0 saturated carbocycles. The average Bonchev–Trinajstić information content (AvgIpc) is 3.01. The lowest BCUT2D eigenvalue weighted by Crippen LogP contribution is -2.40. The standard InChI is InChI=1S/C16H22N2O2.C15H21NO3.CH2O.ClH/c1-10-9-18-5-4-11-6-15(19-2)16(20-3)7-12(11)14(18)8-13(10)17;1-4-11(17)8-13-12-9-15(19-3)14(18-2)7-10(12)5-6-16-13;1-2;/h6-7,14H,4-5,8-9,17H2,1-3H3;7,9,13,16H,4-6,8H2,1-3H3;1H2;1H. The second-order valence-electron chi connectivity index (χ2n) is 10.4. The number of ether oxygens (including phenoxy) is 4. The van der Waals surface area contributed by atoms with E-state index in [1.165, 1.54) is 22.3 Å². The number of rotatable bonds is 7. The number of carbonyl (C=O) groups is 2. The second kappa shape index (κ2) is 16.4. The minimum Gasteiger partial charge on any atom is -0.493 e. The lowest BCUT2D eigenvalue weighted by molar-refractivity contribution is -0.119. The highest BCUT2D eigenvalue weighted by molar-refractivity contribution is 5.85. The Labute approximate surface area is 256 Å². The molecule has 0 fully saturated rings. The number of benzene rings is 2. The van der Waals surface area contributed by atoms with Crippen LogP contribution in [-0.2, 0) is 22.4 Å². The molecule has 3 aliphatic heterocycles. The molecule has 2 aromatic carbocycles. The molecule has 2 aromatic rings. The van der Waals surface area contributed by atoms with Crippen LogP contribution in [0.3, 0.4) is 0 Å². The first-order valence-corrected chi connectivity index (χ1v) is 14.0. The minimum atomic E-state index is 0. The van der Waals surface area contributed by atoms with E-state index in [1.807, 2.05) is 25.8 Å². The van der Waals surface area contributed by atoms with Crippen molar-refractivity contribution in [3.8, 4) is 23.0 Å². The number of hydrogen-bond acceptors (Lipinski definition) is 9. The number of carbonyl (C=O) groups excluding carboxylic acids is 2. The van der Waals surface area contributed by atoms with Crippen LogP contribution < -0.4 is 30.0 Å². The average molecular weight is 604 g/mol. The summed E-state index contributed by atoms with van der Waals surface area (Å²) in [6.07, 6.45) is 4.04. The Morgan fingerprint density at radius 1 is 0.929 bits per heavy atom. The van der Waals surface area contributed by atoms with E-state index in [9.17, 15) is 4.79 Å². The third-order valence-corrected chi connectivity index (χ3v) is 8.15. The van der Waals surface area contributed by atoms with E-state index in [1.54, 1.807) is 28.4 Å². The molecule has 2 atom stereocenters. The van der Waals surface area contributed by atoms with Crippen molar-refractivity contribution in [3.63, 3.8) is 0 Å². The van der Waals surface area contributed by atoms with Crippen LogP contribution in [0.5, 0.6) is 23.0 Å². The van der Waals surface area contributed by atoms with Gasteiger partial charge in [-0.2, -0.15) is 0 Å². The highest BCUT2D eigenvalue weighted by Crippen LogP contribution is 2.42. The largest absolute Gasteiger partial charge is 0.493 e. The number of methoxy groups -OCH3 is 4. The molecule has 0 spiro atoms. The first-order valence-electron chi connectivity index (χ1n) is 14.0. The SMILES string of the molecule is C=O.CCC(=O)CC1NCCc2cc(OC)c(OC)cc21.COc1cc2c(cc1OC)C1CC(N)=C(C)CN1CC2.Cl. The van der Waals surface area contributed by atoms with Crippen LogP contribution >= 0.6 is 12.4 Å². The normalized spacial score (nSPS) is 18.7. The molecule has 0 aromatic heterocycles. The molecular formula is C32H46ClN3O6. The van der Waals surface area contributed by atoms with Crippen molar-refractivity contribution in [1.82, 2.24) is 10.2 Å². The fraction of sp³-hybridized carbons (Fsp3) is 0.500. The summed E-state index contributed by atoms with van der Waals surface area (Å²) in [6, 6.07) is 8.73. The van der Waals surface area contributed by atoms with Crippen molar-refractivity contribution in [2.45, 2.75) is 58.0 Å². The van der Waals surface area contributed by atoms with Crippen LogP contribution in [0, 0.1) is 0 Å². The quantitative estimate of drug-likeness (QED) is 0.463. The highest BCUT2D eigenvalue weighted by Gasteiger charge is 2.32. The number of Topliss-reactive ketones (excluding diaryl/α,β-unsaturated/α-hetero) is 1. The molecule has 3 aliphatic rings. The van der Waals surface area contributed by atoms with Crippen molar-refractivity contribution in [2.24, 2.45) is 5.73 Å². The summed E-state index contributed by atoms with van der Waals surface area (Å²) in [7, 11) is 6.64. The molecule has 0 saturated heterocycles. The maximum Gasteiger partial charge on any atom is 0.161 e. The van der Waals surface area contributed by atoms with Crippen molar-refractivity contribution in [2.75, 3.05) is 48.1 Å². The second-order valence-corrected chi connectivity index (χ2v) is 10.4. The summed E-state index contributed by atoms with van der Waals surface area (Å²) in [6.45, 7) is 8.99. The Kier molecular flexibility index (Phi) is 13.6. The zero-order chi connectivity index (χ0) is 30.1. The molecule has 42 heavy (non-hydrogen) atoms. The molecule has 0 bridgehead atoms. The van der Waals surface area contributed by atoms with E-state index >= 15 is 0 Å². The Morgan fingerprint density at radius 3 is 2.00 bits per heavy atom. The third kappa shape index (κ3) is 7.76. The van der Waals surface area contributed by atoms with E-state index in [0.717, 1.165) is 73.2 Å². The summed E-state index contributed by atoms with van der Waals surface area (Å²) in [4.78, 5) is 22.2. The molecule has 3 N–H and O–H groups in total. The van der Waals surface area contributed by atoms with Gasteiger partial charge in [-0.15, -0.1) is 12.4 Å². The minimum absolute atomic E-state index is 0. The summed E-state index contributed by atoms with van der Waals surface area (Å²) < 4.78 is 21.5. The maximum absolute atomic E-state index is 11.7. The molecule has 5 rings (SSSR count). The molecule has 9 nitrogen and oxygen atoms in total. The fourth-order valence-electron chi connectivity index (χ4n) is 5.82. The number of nitrogens with zero attached hydrogens (tertiary/aromatic N) is 1. The van der Waals surface area contributed by atoms with Gasteiger partial charge in [0.1, 0.15) is 12.6 Å². The zero-order valence-corrected chi connectivity index (χ0v) is 26.5. The first-order chi connectivity index (χ1) is 19.8. The monoisotopic (exact) mass is 603 g/mol. The van der Waals surface area contributed by atoms with Gasteiger partial charge in [-0.05, 0) is 78.4 Å². The van der Waals surface area contributed by atoms with Gasteiger partial charge >= 0.3 is 0 Å². The Hall–Kier alpha value is -3.27. The van der Waals surface area contributed by atoms with Gasteiger partial charge in [0.15, 0.2) is 23.0 Å². The van der Waals surface area contributed by atoms with Crippen molar-refractivity contribution < 1.29 is 28.5 Å². The maximum atomic E-state index is 11.7. The topological polar surface area (TPSA) is 112 Å². The summed E-state index contributed by atoms with van der Waals surface area (Å²) in [5.41, 5.74) is 13.6. The van der Waals surface area contributed by atoms with Crippen LogP contribution in [-0.4, -0.2) is 65.5 Å². The predicted molar refractivity (Wildman–Crippen MR) is 167 cm³/mol. The van der Waals surface area contributed by atoms with Crippen LogP contribution in [0.1, 0.15) is 67.4 Å². The van der Waals surface area contributed by atoms with Crippen LogP contribution in [0.4, 0.5) is 0 Å². The molecular weight excluding hydrogens is 558 g/mol. The number of hydrogen-bond donors (Lipinski definition) is 2. The molecule has 0 aliphatic carbocycles. The van der Waals surface area contributed by atoms with Crippen LogP contribution in [0.25, 0.3) is 0 Å². The highest BCUT2D eigenvalue weighted by atomic mass is 35.5. The number of fused-ring (bicyclic) bond motifs is 4. The van der Waals surface area contributed by atoms with Gasteiger partial charge in [0, 0.05) is 50.1 Å². The van der Waals surface area contributed by atoms with Gasteiger partial charge in [0.25, 0.3) is 0 Å². The van der Waals surface area contributed by atoms with E-state index in [4.69, 9.17) is 29.5 Å². The predicted octanol–water partition coefficient (Wildman–Crippen LogP) is 4.74. The lowest BCUT2D eigenvalue weighted by atomic mass is 9.86. The van der Waals surface area contributed by atoms with Crippen molar-refractivity contribution >= 4 is 25.0 Å². The van der Waals surface area contributed by atoms with Gasteiger partial charge in [-0.1, -0.05) is 6.92 Å². The number of halogens is 1. The molecule has 2 unspecified atom stereocenters. The van der Waals surface area contributed by atoms with Gasteiger partial charge < -0.3 is 34.8 Å². The van der Waals surface area contributed by atoms with Gasteiger partial charge in [-0.3, -0.25) is 9.69 Å². The van der Waals surface area contributed by atoms with Gasteiger partial charge in [0.05, 0.1) is 28.4 Å². The Bertz CT molecular complexity index is 1250. The van der Waals surface area contributed by atoms with Gasteiger partial charge in [0.2, 0.25) is 0 Å². The van der Waals surface area contributed by atoms with Crippen LogP contribution in [0.2, 0.25) is 0 Å². The summed E-state index contributed by atoms with van der Waals surface area (Å²) >= 11 is 0. The fourth-order valence-corrected chi connectivity index (χ4v) is 5.82. The Morgan fingerprint density at radius 2 is 1.45 bits per heavy atom. The van der Waals surface area contributed by atoms with E-state index in [2.05, 4.69) is 29.3 Å². The number of nitrogens with two attached hydrogens (primary N) is 1.